The zero-order valence-electron chi connectivity index (χ0n) is 18.9. The van der Waals surface area contributed by atoms with Crippen molar-refractivity contribution in [3.05, 3.63) is 100 Å². The summed E-state index contributed by atoms with van der Waals surface area (Å²) in [5, 5.41) is 0. The molecule has 3 aromatic rings. The van der Waals surface area contributed by atoms with Crippen molar-refractivity contribution in [2.75, 3.05) is 26.4 Å². The molecular weight excluding hydrogens is 394 g/mol. The highest BCUT2D eigenvalue weighted by atomic mass is 16.5. The van der Waals surface area contributed by atoms with Crippen LogP contribution in [0.1, 0.15) is 33.6 Å². The lowest BCUT2D eigenvalue weighted by atomic mass is 10.1. The standard InChI is InChI=1S/C29H29NO2/c1-24-10-14-26(15-11-24)18-22-31-20-4-8-28-6-3-7-29(30-28)9-5-21-32-23-19-27-16-12-25(2)13-17-27/h3,6-7,10-17H,18-23H2,1-2H3. The van der Waals surface area contributed by atoms with Crippen LogP contribution in [-0.2, 0) is 22.3 Å². The Morgan fingerprint density at radius 2 is 1.06 bits per heavy atom. The van der Waals surface area contributed by atoms with Crippen LogP contribution in [0.2, 0.25) is 0 Å². The van der Waals surface area contributed by atoms with E-state index in [4.69, 9.17) is 9.47 Å². The van der Waals surface area contributed by atoms with Crippen molar-refractivity contribution >= 4 is 0 Å². The van der Waals surface area contributed by atoms with Gasteiger partial charge in [-0.1, -0.05) is 77.6 Å². The molecule has 0 aliphatic carbocycles. The van der Waals surface area contributed by atoms with E-state index in [1.807, 2.05) is 18.2 Å². The summed E-state index contributed by atoms with van der Waals surface area (Å²) in [4.78, 5) is 4.46. The minimum atomic E-state index is 0.387. The Morgan fingerprint density at radius 1 is 0.625 bits per heavy atom. The number of benzene rings is 2. The molecule has 1 heterocycles. The molecule has 0 atom stereocenters. The zero-order valence-corrected chi connectivity index (χ0v) is 18.9. The Bertz CT molecular complexity index is 1010. The van der Waals surface area contributed by atoms with Crippen molar-refractivity contribution in [1.29, 1.82) is 0 Å². The lowest BCUT2D eigenvalue weighted by molar-refractivity contribution is 0.170. The molecule has 162 valence electrons. The Balaban J connectivity index is 1.35. The second-order valence-corrected chi connectivity index (χ2v) is 7.59. The van der Waals surface area contributed by atoms with Gasteiger partial charge in [-0.05, 0) is 61.8 Å². The van der Waals surface area contributed by atoms with E-state index in [0.29, 0.717) is 37.8 Å². The van der Waals surface area contributed by atoms with Crippen molar-refractivity contribution in [3.63, 3.8) is 0 Å². The molecule has 0 N–H and O–H groups in total. The molecule has 3 rings (SSSR count). The normalized spacial score (nSPS) is 10.1. The second kappa shape index (κ2) is 13.1. The van der Waals surface area contributed by atoms with Crippen LogP contribution in [0.25, 0.3) is 0 Å². The summed E-state index contributed by atoms with van der Waals surface area (Å²) in [6.45, 7) is 6.26. The van der Waals surface area contributed by atoms with Crippen molar-refractivity contribution in [2.24, 2.45) is 0 Å². The molecule has 0 saturated carbocycles. The molecule has 3 heteroatoms. The van der Waals surface area contributed by atoms with E-state index in [9.17, 15) is 0 Å². The van der Waals surface area contributed by atoms with Gasteiger partial charge in [0, 0.05) is 0 Å². The predicted octanol–water partition coefficient (Wildman–Crippen LogP) is 4.92. The molecule has 3 nitrogen and oxygen atoms in total. The largest absolute Gasteiger partial charge is 0.368 e. The molecular formula is C29H29NO2. The SMILES string of the molecule is Cc1ccc(CCOCC#Cc2cccc(C#CCOCCc3ccc(C)cc3)n2)cc1. The minimum Gasteiger partial charge on any atom is -0.368 e. The zero-order chi connectivity index (χ0) is 22.4. The van der Waals surface area contributed by atoms with Gasteiger partial charge < -0.3 is 9.47 Å². The number of nitrogens with zero attached hydrogens (tertiary/aromatic N) is 1. The highest BCUT2D eigenvalue weighted by Crippen LogP contribution is 2.05. The fraction of sp³-hybridized carbons (Fsp3) is 0.276. The maximum Gasteiger partial charge on any atom is 0.114 e. The molecule has 0 aliphatic heterocycles. The van der Waals surface area contributed by atoms with Crippen molar-refractivity contribution < 1.29 is 9.47 Å². The van der Waals surface area contributed by atoms with Gasteiger partial charge >= 0.3 is 0 Å². The van der Waals surface area contributed by atoms with Crippen LogP contribution in [0.15, 0.2) is 66.7 Å². The molecule has 0 fully saturated rings. The summed E-state index contributed by atoms with van der Waals surface area (Å²) >= 11 is 0. The Kier molecular flexibility index (Phi) is 9.56. The molecule has 0 aliphatic rings. The quantitative estimate of drug-likeness (QED) is 0.381. The lowest BCUT2D eigenvalue weighted by Crippen LogP contribution is -1.99. The Labute approximate surface area is 191 Å². The third kappa shape index (κ3) is 8.78. The smallest absolute Gasteiger partial charge is 0.114 e. The van der Waals surface area contributed by atoms with E-state index in [0.717, 1.165) is 12.8 Å². The maximum atomic E-state index is 5.61. The monoisotopic (exact) mass is 423 g/mol. The van der Waals surface area contributed by atoms with Crippen LogP contribution in [0.4, 0.5) is 0 Å². The van der Waals surface area contributed by atoms with E-state index in [-0.39, 0.29) is 0 Å². The topological polar surface area (TPSA) is 31.4 Å². The molecule has 0 saturated heterocycles. The summed E-state index contributed by atoms with van der Waals surface area (Å²) in [6, 6.07) is 22.7. The van der Waals surface area contributed by atoms with Gasteiger partial charge in [-0.15, -0.1) is 0 Å². The van der Waals surface area contributed by atoms with Gasteiger partial charge in [0.15, 0.2) is 0 Å². The van der Waals surface area contributed by atoms with Crippen molar-refractivity contribution in [1.82, 2.24) is 4.98 Å². The average molecular weight is 424 g/mol. The van der Waals surface area contributed by atoms with E-state index in [1.165, 1.54) is 22.3 Å². The molecule has 2 aromatic carbocycles. The van der Waals surface area contributed by atoms with Crippen LogP contribution in [0.5, 0.6) is 0 Å². The number of aryl methyl sites for hydroxylation is 2. The Morgan fingerprint density at radius 3 is 1.50 bits per heavy atom. The van der Waals surface area contributed by atoms with Crippen molar-refractivity contribution in [3.8, 4) is 23.7 Å². The van der Waals surface area contributed by atoms with Crippen LogP contribution in [0, 0.1) is 37.5 Å². The van der Waals surface area contributed by atoms with Gasteiger partial charge in [-0.25, -0.2) is 4.98 Å². The number of hydrogen-bond acceptors (Lipinski definition) is 3. The third-order valence-corrected chi connectivity index (χ3v) is 4.84. The van der Waals surface area contributed by atoms with Gasteiger partial charge in [0.2, 0.25) is 0 Å². The fourth-order valence-electron chi connectivity index (χ4n) is 2.96. The van der Waals surface area contributed by atoms with E-state index < -0.39 is 0 Å². The Hall–Kier alpha value is -3.37. The van der Waals surface area contributed by atoms with Crippen LogP contribution >= 0.6 is 0 Å². The number of hydrogen-bond donors (Lipinski definition) is 0. The number of ether oxygens (including phenoxy) is 2. The third-order valence-electron chi connectivity index (χ3n) is 4.84. The number of pyridine rings is 1. The van der Waals surface area contributed by atoms with Crippen molar-refractivity contribution in [2.45, 2.75) is 26.7 Å². The van der Waals surface area contributed by atoms with Gasteiger partial charge in [-0.3, -0.25) is 0 Å². The van der Waals surface area contributed by atoms with Gasteiger partial charge in [-0.2, -0.15) is 0 Å². The van der Waals surface area contributed by atoms with E-state index in [2.05, 4.69) is 91.0 Å². The first-order chi connectivity index (χ1) is 15.7. The minimum absolute atomic E-state index is 0.387. The number of rotatable bonds is 8. The summed E-state index contributed by atoms with van der Waals surface area (Å²) in [5.74, 6) is 12.1. The first-order valence-corrected chi connectivity index (χ1v) is 10.9. The fourth-order valence-corrected chi connectivity index (χ4v) is 2.96. The number of aromatic nitrogens is 1. The molecule has 1 aromatic heterocycles. The molecule has 0 spiro atoms. The highest BCUT2D eigenvalue weighted by molar-refractivity contribution is 5.34. The lowest BCUT2D eigenvalue weighted by Gasteiger charge is -2.01. The second-order valence-electron chi connectivity index (χ2n) is 7.59. The van der Waals surface area contributed by atoms with Gasteiger partial charge in [0.25, 0.3) is 0 Å². The molecule has 0 radical (unpaired) electrons. The van der Waals surface area contributed by atoms with Gasteiger partial charge in [0.1, 0.15) is 24.6 Å². The average Bonchev–Trinajstić information content (AvgIpc) is 2.81. The van der Waals surface area contributed by atoms with Crippen LogP contribution < -0.4 is 0 Å². The van der Waals surface area contributed by atoms with Crippen LogP contribution in [-0.4, -0.2) is 31.4 Å². The summed E-state index contributed by atoms with van der Waals surface area (Å²) in [7, 11) is 0. The summed E-state index contributed by atoms with van der Waals surface area (Å²) in [6.07, 6.45) is 1.77. The first-order valence-electron chi connectivity index (χ1n) is 10.9. The first kappa shape index (κ1) is 23.3. The summed E-state index contributed by atoms with van der Waals surface area (Å²) in [5.41, 5.74) is 6.47. The molecule has 0 unspecified atom stereocenters. The summed E-state index contributed by atoms with van der Waals surface area (Å²) < 4.78 is 11.2. The maximum absolute atomic E-state index is 5.61. The van der Waals surface area contributed by atoms with E-state index in [1.54, 1.807) is 0 Å². The molecule has 0 bridgehead atoms. The van der Waals surface area contributed by atoms with Crippen LogP contribution in [0.3, 0.4) is 0 Å². The molecule has 0 amide bonds. The highest BCUT2D eigenvalue weighted by Gasteiger charge is 1.95. The molecule has 32 heavy (non-hydrogen) atoms. The van der Waals surface area contributed by atoms with E-state index >= 15 is 0 Å². The predicted molar refractivity (Wildman–Crippen MR) is 129 cm³/mol. The van der Waals surface area contributed by atoms with Gasteiger partial charge in [0.05, 0.1) is 13.2 Å².